The summed E-state index contributed by atoms with van der Waals surface area (Å²) in [5, 5.41) is 4.10. The summed E-state index contributed by atoms with van der Waals surface area (Å²) in [4.78, 5) is 2.20. The smallest absolute Gasteiger partial charge is 0.169 e. The first-order valence-corrected chi connectivity index (χ1v) is 6.88. The lowest BCUT2D eigenvalue weighted by atomic mass is 9.99. The Hall–Kier alpha value is -0.390. The Bertz CT molecular complexity index is 277. The Morgan fingerprint density at radius 1 is 1.28 bits per heavy atom. The second-order valence-corrected chi connectivity index (χ2v) is 6.44. The summed E-state index contributed by atoms with van der Waals surface area (Å²) >= 11 is 5.45. The van der Waals surface area contributed by atoms with E-state index < -0.39 is 0 Å². The van der Waals surface area contributed by atoms with Gasteiger partial charge in [0.1, 0.15) is 0 Å². The number of morpholine rings is 1. The summed E-state index contributed by atoms with van der Waals surface area (Å²) < 4.78 is 11.1. The molecule has 106 valence electrons. The summed E-state index contributed by atoms with van der Waals surface area (Å²) in [7, 11) is 1.71. The van der Waals surface area contributed by atoms with Crippen molar-refractivity contribution in [2.45, 2.75) is 45.3 Å². The number of thiocarbonyl (C=S) groups is 1. The molecule has 0 aromatic carbocycles. The molecule has 1 N–H and O–H groups in total. The summed E-state index contributed by atoms with van der Waals surface area (Å²) in [5.74, 6) is 0. The summed E-state index contributed by atoms with van der Waals surface area (Å²) in [6.45, 7) is 11.7. The molecule has 0 unspecified atom stereocenters. The van der Waals surface area contributed by atoms with Crippen molar-refractivity contribution in [2.24, 2.45) is 0 Å². The molecule has 1 heterocycles. The van der Waals surface area contributed by atoms with Gasteiger partial charge in [-0.2, -0.15) is 0 Å². The van der Waals surface area contributed by atoms with Crippen LogP contribution in [-0.2, 0) is 9.47 Å². The Labute approximate surface area is 116 Å². The highest BCUT2D eigenvalue weighted by Gasteiger charge is 2.38. The van der Waals surface area contributed by atoms with E-state index in [1.165, 1.54) is 0 Å². The van der Waals surface area contributed by atoms with Gasteiger partial charge in [-0.05, 0) is 46.3 Å². The Morgan fingerprint density at radius 2 is 1.83 bits per heavy atom. The molecule has 0 aliphatic carbocycles. The van der Waals surface area contributed by atoms with Crippen LogP contribution in [0.15, 0.2) is 0 Å². The van der Waals surface area contributed by atoms with Crippen molar-refractivity contribution >= 4 is 17.3 Å². The highest BCUT2D eigenvalue weighted by molar-refractivity contribution is 7.80. The maximum absolute atomic E-state index is 6.04. The zero-order valence-electron chi connectivity index (χ0n) is 12.2. The third-order valence-electron chi connectivity index (χ3n) is 2.78. The van der Waals surface area contributed by atoms with Gasteiger partial charge in [-0.3, -0.25) is 0 Å². The summed E-state index contributed by atoms with van der Waals surface area (Å²) in [5.41, 5.74) is -0.333. The van der Waals surface area contributed by atoms with E-state index in [2.05, 4.69) is 37.9 Å². The monoisotopic (exact) mass is 274 g/mol. The molecule has 0 spiro atoms. The first kappa shape index (κ1) is 15.7. The van der Waals surface area contributed by atoms with Gasteiger partial charge >= 0.3 is 0 Å². The Morgan fingerprint density at radius 3 is 2.33 bits per heavy atom. The predicted molar refractivity (Wildman–Crippen MR) is 77.9 cm³/mol. The molecule has 0 atom stereocenters. The normalized spacial score (nSPS) is 21.7. The zero-order valence-corrected chi connectivity index (χ0v) is 13.0. The third kappa shape index (κ3) is 5.08. The van der Waals surface area contributed by atoms with Crippen LogP contribution >= 0.6 is 12.2 Å². The number of ether oxygens (including phenoxy) is 2. The molecule has 0 aromatic rings. The molecule has 0 aromatic heterocycles. The molecule has 1 aliphatic rings. The van der Waals surface area contributed by atoms with Gasteiger partial charge in [0.2, 0.25) is 0 Å². The number of nitrogens with one attached hydrogen (secondary N) is 1. The largest absolute Gasteiger partial charge is 0.385 e. The van der Waals surface area contributed by atoms with E-state index >= 15 is 0 Å². The van der Waals surface area contributed by atoms with Crippen molar-refractivity contribution in [3.8, 4) is 0 Å². The van der Waals surface area contributed by atoms with E-state index in [0.717, 1.165) is 37.8 Å². The fourth-order valence-corrected chi connectivity index (χ4v) is 2.69. The van der Waals surface area contributed by atoms with Gasteiger partial charge in [0.25, 0.3) is 0 Å². The number of methoxy groups -OCH3 is 1. The number of nitrogens with zero attached hydrogens (tertiary/aromatic N) is 1. The van der Waals surface area contributed by atoms with Crippen molar-refractivity contribution in [3.63, 3.8) is 0 Å². The maximum atomic E-state index is 6.04. The molecule has 18 heavy (non-hydrogen) atoms. The topological polar surface area (TPSA) is 33.7 Å². The lowest BCUT2D eigenvalue weighted by Gasteiger charge is -2.48. The van der Waals surface area contributed by atoms with Crippen LogP contribution < -0.4 is 5.32 Å². The highest BCUT2D eigenvalue weighted by atomic mass is 32.1. The Balaban J connectivity index is 2.47. The first-order chi connectivity index (χ1) is 8.26. The fourth-order valence-electron chi connectivity index (χ4n) is 2.45. The van der Waals surface area contributed by atoms with Gasteiger partial charge in [-0.1, -0.05) is 0 Å². The van der Waals surface area contributed by atoms with Crippen LogP contribution in [0.25, 0.3) is 0 Å². The standard InChI is InChI=1S/C13H26N2O2S/c1-12(2)9-15(10-13(3,4)17-12)11(18)14-7-6-8-16-5/h6-10H2,1-5H3,(H,14,18). The Kier molecular flexibility index (Phi) is 5.37. The zero-order chi connectivity index (χ0) is 13.8. The molecule has 1 aliphatic heterocycles. The summed E-state index contributed by atoms with van der Waals surface area (Å²) in [6.07, 6.45) is 0.966. The number of rotatable bonds is 4. The van der Waals surface area contributed by atoms with E-state index in [0.29, 0.717) is 0 Å². The molecular formula is C13H26N2O2S. The molecule has 4 nitrogen and oxygen atoms in total. The van der Waals surface area contributed by atoms with Crippen LogP contribution in [0.3, 0.4) is 0 Å². The van der Waals surface area contributed by atoms with Crippen LogP contribution in [0.2, 0.25) is 0 Å². The van der Waals surface area contributed by atoms with Gasteiger partial charge in [0.15, 0.2) is 5.11 Å². The van der Waals surface area contributed by atoms with E-state index in [1.54, 1.807) is 7.11 Å². The van der Waals surface area contributed by atoms with Gasteiger partial charge in [-0.25, -0.2) is 0 Å². The van der Waals surface area contributed by atoms with Crippen LogP contribution in [0.5, 0.6) is 0 Å². The van der Waals surface area contributed by atoms with E-state index in [9.17, 15) is 0 Å². The number of hydrogen-bond acceptors (Lipinski definition) is 3. The molecule has 0 bridgehead atoms. The van der Waals surface area contributed by atoms with Crippen LogP contribution in [0.1, 0.15) is 34.1 Å². The SMILES string of the molecule is COCCCNC(=S)N1CC(C)(C)OC(C)(C)C1. The lowest BCUT2D eigenvalue weighted by molar-refractivity contribution is -0.167. The molecule has 0 amide bonds. The van der Waals surface area contributed by atoms with Crippen LogP contribution in [0, 0.1) is 0 Å². The van der Waals surface area contributed by atoms with Crippen molar-refractivity contribution < 1.29 is 9.47 Å². The second kappa shape index (κ2) is 6.17. The average Bonchev–Trinajstić information content (AvgIpc) is 2.19. The van der Waals surface area contributed by atoms with Gasteiger partial charge in [0.05, 0.1) is 11.2 Å². The second-order valence-electron chi connectivity index (χ2n) is 6.06. The van der Waals surface area contributed by atoms with Crippen molar-refractivity contribution in [1.82, 2.24) is 10.2 Å². The van der Waals surface area contributed by atoms with Crippen LogP contribution in [0.4, 0.5) is 0 Å². The van der Waals surface area contributed by atoms with Crippen molar-refractivity contribution in [3.05, 3.63) is 0 Å². The lowest BCUT2D eigenvalue weighted by Crippen LogP contribution is -2.60. The minimum atomic E-state index is -0.167. The van der Waals surface area contributed by atoms with Gasteiger partial charge < -0.3 is 19.7 Å². The molecular weight excluding hydrogens is 248 g/mol. The molecule has 1 saturated heterocycles. The van der Waals surface area contributed by atoms with Gasteiger partial charge in [-0.15, -0.1) is 0 Å². The molecule has 1 fully saturated rings. The highest BCUT2D eigenvalue weighted by Crippen LogP contribution is 2.27. The summed E-state index contributed by atoms with van der Waals surface area (Å²) in [6, 6.07) is 0. The predicted octanol–water partition coefficient (Wildman–Crippen LogP) is 1.79. The quantitative estimate of drug-likeness (QED) is 0.624. The van der Waals surface area contributed by atoms with Crippen LogP contribution in [-0.4, -0.2) is 54.6 Å². The molecule has 1 rings (SSSR count). The molecule has 5 heteroatoms. The number of hydrogen-bond donors (Lipinski definition) is 1. The third-order valence-corrected chi connectivity index (χ3v) is 3.19. The molecule has 0 radical (unpaired) electrons. The van der Waals surface area contributed by atoms with E-state index in [-0.39, 0.29) is 11.2 Å². The van der Waals surface area contributed by atoms with Gasteiger partial charge in [0, 0.05) is 33.4 Å². The van der Waals surface area contributed by atoms with Crippen molar-refractivity contribution in [2.75, 3.05) is 33.4 Å². The van der Waals surface area contributed by atoms with Crippen molar-refractivity contribution in [1.29, 1.82) is 0 Å². The average molecular weight is 274 g/mol. The fraction of sp³-hybridized carbons (Fsp3) is 0.923. The van der Waals surface area contributed by atoms with E-state index in [1.807, 2.05) is 0 Å². The first-order valence-electron chi connectivity index (χ1n) is 6.48. The molecule has 0 saturated carbocycles. The minimum Gasteiger partial charge on any atom is -0.385 e. The maximum Gasteiger partial charge on any atom is 0.169 e. The van der Waals surface area contributed by atoms with E-state index in [4.69, 9.17) is 21.7 Å². The minimum absolute atomic E-state index is 0.167.